The molecular formula is C40H38Br2Cl2N4. The smallest absolute Gasteiger partial charge is 0.216 e. The van der Waals surface area contributed by atoms with E-state index in [-0.39, 0.29) is 34.0 Å². The van der Waals surface area contributed by atoms with Gasteiger partial charge in [0, 0.05) is 71.6 Å². The van der Waals surface area contributed by atoms with E-state index >= 15 is 0 Å². The van der Waals surface area contributed by atoms with Crippen LogP contribution in [0, 0.1) is 0 Å². The van der Waals surface area contributed by atoms with Gasteiger partial charge >= 0.3 is 0 Å². The molecule has 0 radical (unpaired) electrons. The fourth-order valence-electron chi connectivity index (χ4n) is 7.32. The Bertz CT molecular complexity index is 1890. The summed E-state index contributed by atoms with van der Waals surface area (Å²) in [5, 5.41) is 4.07. The molecule has 6 aromatic rings. The van der Waals surface area contributed by atoms with Crippen molar-refractivity contribution in [3.63, 3.8) is 0 Å². The molecule has 246 valence electrons. The highest BCUT2D eigenvalue weighted by molar-refractivity contribution is 6.31. The minimum Gasteiger partial charge on any atom is -1.00 e. The Balaban J connectivity index is 0.00000201. The van der Waals surface area contributed by atoms with Gasteiger partial charge in [0.1, 0.15) is 0 Å². The summed E-state index contributed by atoms with van der Waals surface area (Å²) >= 11 is 13.0. The first-order valence-corrected chi connectivity index (χ1v) is 17.3. The van der Waals surface area contributed by atoms with Crippen molar-refractivity contribution in [1.82, 2.24) is 0 Å². The molecule has 2 aromatic heterocycles. The molecular weight excluding hydrogens is 767 g/mol. The molecule has 2 aliphatic heterocycles. The normalized spacial score (nSPS) is 14.4. The van der Waals surface area contributed by atoms with E-state index in [9.17, 15) is 0 Å². The van der Waals surface area contributed by atoms with Gasteiger partial charge in [0.15, 0.2) is 25.5 Å². The summed E-state index contributed by atoms with van der Waals surface area (Å²) in [4.78, 5) is 5.00. The Kier molecular flexibility index (Phi) is 11.0. The molecule has 8 heteroatoms. The first-order valence-electron chi connectivity index (χ1n) is 16.5. The summed E-state index contributed by atoms with van der Waals surface area (Å²) in [6, 6.07) is 35.0. The first-order chi connectivity index (χ1) is 22.6. The Labute approximate surface area is 314 Å². The number of pyridine rings is 2. The van der Waals surface area contributed by atoms with E-state index in [4.69, 9.17) is 23.2 Å². The average molecular weight is 805 g/mol. The number of aromatic nitrogens is 2. The number of halogens is 4. The standard InChI is InChI=1S/C40H38Cl2N4.2BrH/c41-33-13-15-35-37(43-19-1-2-20-43)17-23-45(39(35)25-33)27-29-5-9-31(10-6-29)32-11-7-30(8-12-32)28-46-24-18-38(44-21-3-4-22-44)36-16-14-34(42)26-40(36)46;;/h5-18,23-26H,1-4,19-22,27-28H2;2*1H/q+2;;/p-2. The zero-order valence-corrected chi connectivity index (χ0v) is 31.4. The third-order valence-corrected chi connectivity index (χ3v) is 10.2. The SMILES string of the molecule is Clc1ccc2c(N3CCCC3)cc[n+](Cc3ccc(-c4ccc(C[n+]5ccc(N6CCCC6)c6ccc(Cl)cc65)cc4)cc3)c2c1.[Br-].[Br-]. The molecule has 0 atom stereocenters. The van der Waals surface area contributed by atoms with Crippen LogP contribution in [0.2, 0.25) is 10.0 Å². The Morgan fingerprint density at radius 1 is 0.479 bits per heavy atom. The first kappa shape index (κ1) is 34.7. The monoisotopic (exact) mass is 802 g/mol. The predicted molar refractivity (Wildman–Crippen MR) is 191 cm³/mol. The van der Waals surface area contributed by atoms with Gasteiger partial charge < -0.3 is 43.8 Å². The van der Waals surface area contributed by atoms with Crippen molar-refractivity contribution >= 4 is 56.4 Å². The molecule has 8 rings (SSSR count). The van der Waals surface area contributed by atoms with Gasteiger partial charge in [-0.15, -0.1) is 0 Å². The van der Waals surface area contributed by atoms with Gasteiger partial charge in [-0.3, -0.25) is 0 Å². The maximum Gasteiger partial charge on any atom is 0.216 e. The second-order valence-electron chi connectivity index (χ2n) is 12.8. The molecule has 0 N–H and O–H groups in total. The van der Waals surface area contributed by atoms with Gasteiger partial charge in [0.05, 0.1) is 22.1 Å². The van der Waals surface area contributed by atoms with Crippen LogP contribution in [0.15, 0.2) is 109 Å². The van der Waals surface area contributed by atoms with Crippen molar-refractivity contribution < 1.29 is 43.1 Å². The molecule has 2 fully saturated rings. The van der Waals surface area contributed by atoms with Crippen LogP contribution in [-0.2, 0) is 13.1 Å². The van der Waals surface area contributed by atoms with Gasteiger partial charge in [0.2, 0.25) is 11.0 Å². The van der Waals surface area contributed by atoms with Crippen LogP contribution in [0.1, 0.15) is 36.8 Å². The van der Waals surface area contributed by atoms with E-state index in [0.29, 0.717) is 0 Å². The molecule has 0 bridgehead atoms. The third kappa shape index (κ3) is 7.09. The maximum atomic E-state index is 6.48. The lowest BCUT2D eigenvalue weighted by atomic mass is 10.0. The lowest BCUT2D eigenvalue weighted by molar-refractivity contribution is -0.662. The number of anilines is 2. The fourth-order valence-corrected chi connectivity index (χ4v) is 7.65. The number of rotatable bonds is 7. The van der Waals surface area contributed by atoms with Gasteiger partial charge in [0.25, 0.3) is 0 Å². The van der Waals surface area contributed by atoms with E-state index in [0.717, 1.165) is 49.3 Å². The van der Waals surface area contributed by atoms with Gasteiger partial charge in [-0.25, -0.2) is 0 Å². The van der Waals surface area contributed by atoms with Crippen molar-refractivity contribution in [3.05, 3.63) is 131 Å². The lowest BCUT2D eigenvalue weighted by Crippen LogP contribution is -3.00. The van der Waals surface area contributed by atoms with E-state index in [1.54, 1.807) is 0 Å². The van der Waals surface area contributed by atoms with Crippen LogP contribution >= 0.6 is 23.2 Å². The molecule has 2 saturated heterocycles. The number of benzene rings is 4. The van der Waals surface area contributed by atoms with E-state index in [1.807, 2.05) is 12.1 Å². The van der Waals surface area contributed by atoms with Gasteiger partial charge in [-0.1, -0.05) is 71.7 Å². The maximum absolute atomic E-state index is 6.48. The molecule has 4 nitrogen and oxygen atoms in total. The minimum atomic E-state index is 0. The molecule has 2 aliphatic rings. The lowest BCUT2D eigenvalue weighted by Gasteiger charge is -2.19. The zero-order valence-electron chi connectivity index (χ0n) is 26.8. The molecule has 4 heterocycles. The molecule has 4 aromatic carbocycles. The summed E-state index contributed by atoms with van der Waals surface area (Å²) in [5.74, 6) is 0. The Morgan fingerprint density at radius 3 is 1.23 bits per heavy atom. The van der Waals surface area contributed by atoms with E-state index in [2.05, 4.69) is 116 Å². The van der Waals surface area contributed by atoms with Crippen LogP contribution in [0.4, 0.5) is 11.4 Å². The van der Waals surface area contributed by atoms with Crippen molar-refractivity contribution in [3.8, 4) is 11.1 Å². The van der Waals surface area contributed by atoms with Crippen molar-refractivity contribution in [2.75, 3.05) is 36.0 Å². The van der Waals surface area contributed by atoms with Crippen LogP contribution in [0.3, 0.4) is 0 Å². The van der Waals surface area contributed by atoms with Gasteiger partial charge in [-0.05, 0) is 61.1 Å². The molecule has 0 saturated carbocycles. The average Bonchev–Trinajstić information content (AvgIpc) is 3.82. The van der Waals surface area contributed by atoms with Crippen LogP contribution in [-0.4, -0.2) is 26.2 Å². The summed E-state index contributed by atoms with van der Waals surface area (Å²) in [6.45, 7) is 6.09. The Hall–Kier alpha value is -3.16. The highest BCUT2D eigenvalue weighted by Gasteiger charge is 2.22. The van der Waals surface area contributed by atoms with Crippen molar-refractivity contribution in [2.45, 2.75) is 38.8 Å². The Morgan fingerprint density at radius 2 is 0.854 bits per heavy atom. The second kappa shape index (κ2) is 15.2. The number of nitrogens with zero attached hydrogens (tertiary/aromatic N) is 4. The zero-order chi connectivity index (χ0) is 31.0. The highest BCUT2D eigenvalue weighted by atomic mass is 79.9. The van der Waals surface area contributed by atoms with E-state index < -0.39 is 0 Å². The number of hydrogen-bond donors (Lipinski definition) is 0. The quantitative estimate of drug-likeness (QED) is 0.231. The van der Waals surface area contributed by atoms with Crippen molar-refractivity contribution in [2.24, 2.45) is 0 Å². The fraction of sp³-hybridized carbons (Fsp3) is 0.250. The molecule has 0 unspecified atom stereocenters. The second-order valence-corrected chi connectivity index (χ2v) is 13.6. The largest absolute Gasteiger partial charge is 1.00 e. The summed E-state index contributed by atoms with van der Waals surface area (Å²) in [7, 11) is 0. The van der Waals surface area contributed by atoms with Gasteiger partial charge in [-0.2, -0.15) is 9.13 Å². The van der Waals surface area contributed by atoms with Crippen LogP contribution in [0.25, 0.3) is 32.9 Å². The topological polar surface area (TPSA) is 14.2 Å². The molecule has 48 heavy (non-hydrogen) atoms. The third-order valence-electron chi connectivity index (χ3n) is 9.76. The molecule has 0 spiro atoms. The number of hydrogen-bond acceptors (Lipinski definition) is 2. The summed E-state index contributed by atoms with van der Waals surface area (Å²) in [6.07, 6.45) is 9.48. The minimum absolute atomic E-state index is 0. The van der Waals surface area contributed by atoms with Crippen LogP contribution < -0.4 is 52.9 Å². The van der Waals surface area contributed by atoms with E-state index in [1.165, 1.54) is 81.1 Å². The predicted octanol–water partition coefficient (Wildman–Crippen LogP) is 2.85. The molecule has 0 aliphatic carbocycles. The van der Waals surface area contributed by atoms with Crippen LogP contribution in [0.5, 0.6) is 0 Å². The molecule has 0 amide bonds. The summed E-state index contributed by atoms with van der Waals surface area (Å²) < 4.78 is 4.63. The summed E-state index contributed by atoms with van der Waals surface area (Å²) in [5.41, 5.74) is 9.95. The van der Waals surface area contributed by atoms with Crippen molar-refractivity contribution in [1.29, 1.82) is 0 Å². The number of fused-ring (bicyclic) bond motifs is 2. The highest BCUT2D eigenvalue weighted by Crippen LogP contribution is 2.31.